The van der Waals surface area contributed by atoms with Crippen molar-refractivity contribution in [2.45, 2.75) is 25.7 Å². The highest BCUT2D eigenvalue weighted by Crippen LogP contribution is 2.37. The summed E-state index contributed by atoms with van der Waals surface area (Å²) >= 11 is 12.3. The first-order chi connectivity index (χ1) is 14.0. The van der Waals surface area contributed by atoms with Crippen molar-refractivity contribution in [3.8, 4) is 0 Å². The minimum absolute atomic E-state index is 0.153. The van der Waals surface area contributed by atoms with Crippen LogP contribution < -0.4 is 5.32 Å². The molecule has 1 aromatic rings. The van der Waals surface area contributed by atoms with Crippen LogP contribution in [-0.2, 0) is 14.4 Å². The first-order valence-electron chi connectivity index (χ1n) is 10.0. The van der Waals surface area contributed by atoms with Crippen LogP contribution in [0.25, 0.3) is 0 Å². The molecule has 0 unspecified atom stereocenters. The minimum Gasteiger partial charge on any atom is -0.389 e. The van der Waals surface area contributed by atoms with E-state index in [1.54, 1.807) is 18.3 Å². The predicted octanol–water partition coefficient (Wildman–Crippen LogP) is 3.05. The van der Waals surface area contributed by atoms with Crippen LogP contribution in [0, 0.1) is 0 Å². The molecular weight excluding hydrogens is 413 g/mol. The predicted molar refractivity (Wildman–Crippen MR) is 114 cm³/mol. The lowest BCUT2D eigenvalue weighted by Crippen LogP contribution is -2.47. The molecule has 0 spiro atoms. The highest BCUT2D eigenvalue weighted by molar-refractivity contribution is 6.42. The van der Waals surface area contributed by atoms with Gasteiger partial charge in [-0.15, -0.1) is 0 Å². The average Bonchev–Trinajstić information content (AvgIpc) is 2.70. The Morgan fingerprint density at radius 3 is 2.48 bits per heavy atom. The number of carbonyl (C=O) groups is 2. The van der Waals surface area contributed by atoms with Gasteiger partial charge < -0.3 is 5.32 Å². The number of hydrogen-bond donors (Lipinski definition) is 1. The van der Waals surface area contributed by atoms with Gasteiger partial charge in [0.05, 0.1) is 22.2 Å². The van der Waals surface area contributed by atoms with Gasteiger partial charge in [0.1, 0.15) is 0 Å². The summed E-state index contributed by atoms with van der Waals surface area (Å²) in [6, 6.07) is 5.32. The number of ketones is 2. The van der Waals surface area contributed by atoms with Gasteiger partial charge in [-0.2, -0.15) is 5.06 Å². The highest BCUT2D eigenvalue weighted by Gasteiger charge is 2.32. The van der Waals surface area contributed by atoms with Crippen LogP contribution in [0.1, 0.15) is 31.2 Å². The van der Waals surface area contributed by atoms with Gasteiger partial charge >= 0.3 is 0 Å². The molecule has 2 aliphatic rings. The second-order valence-corrected chi connectivity index (χ2v) is 8.08. The number of halogens is 2. The average molecular weight is 440 g/mol. The fraction of sp³-hybridized carbons (Fsp3) is 0.524. The summed E-state index contributed by atoms with van der Waals surface area (Å²) in [5.74, 6) is -0.528. The number of hydroxylamine groups is 2. The Labute approximate surface area is 181 Å². The molecule has 0 aromatic heterocycles. The first kappa shape index (κ1) is 22.2. The lowest BCUT2D eigenvalue weighted by molar-refractivity contribution is -0.172. The number of benzene rings is 1. The monoisotopic (exact) mass is 439 g/mol. The number of carbonyl (C=O) groups excluding carboxylic acids is 2. The quantitative estimate of drug-likeness (QED) is 0.400. The van der Waals surface area contributed by atoms with Crippen molar-refractivity contribution in [1.82, 2.24) is 15.3 Å². The van der Waals surface area contributed by atoms with Crippen molar-refractivity contribution in [2.75, 3.05) is 45.9 Å². The van der Waals surface area contributed by atoms with Gasteiger partial charge in [0.15, 0.2) is 11.6 Å². The summed E-state index contributed by atoms with van der Waals surface area (Å²) in [5.41, 5.74) is 1.01. The molecule has 8 heteroatoms. The van der Waals surface area contributed by atoms with E-state index >= 15 is 0 Å². The highest BCUT2D eigenvalue weighted by atomic mass is 35.5. The number of Topliss-reactive ketones (excluding diaryl/α,β-unsaturated/α-hetero) is 2. The van der Waals surface area contributed by atoms with E-state index in [0.29, 0.717) is 23.2 Å². The van der Waals surface area contributed by atoms with Crippen molar-refractivity contribution in [3.63, 3.8) is 0 Å². The van der Waals surface area contributed by atoms with Crippen LogP contribution in [0.5, 0.6) is 0 Å². The van der Waals surface area contributed by atoms with Gasteiger partial charge in [-0.1, -0.05) is 35.3 Å². The smallest absolute Gasteiger partial charge is 0.168 e. The zero-order chi connectivity index (χ0) is 20.8. The van der Waals surface area contributed by atoms with Gasteiger partial charge in [0.2, 0.25) is 0 Å². The molecule has 1 aliphatic carbocycles. The third-order valence-electron chi connectivity index (χ3n) is 5.35. The van der Waals surface area contributed by atoms with E-state index in [0.717, 1.165) is 38.3 Å². The van der Waals surface area contributed by atoms with Crippen LogP contribution in [-0.4, -0.2) is 67.4 Å². The Balaban J connectivity index is 1.48. The van der Waals surface area contributed by atoms with Crippen molar-refractivity contribution >= 4 is 34.8 Å². The van der Waals surface area contributed by atoms with Crippen LogP contribution in [0.15, 0.2) is 30.0 Å². The molecule has 1 heterocycles. The molecule has 3 rings (SSSR count). The minimum atomic E-state index is -0.222. The number of nitrogens with zero attached hydrogens (tertiary/aromatic N) is 2. The Morgan fingerprint density at radius 1 is 1.14 bits per heavy atom. The van der Waals surface area contributed by atoms with Gasteiger partial charge in [0.25, 0.3) is 0 Å². The molecule has 29 heavy (non-hydrogen) atoms. The largest absolute Gasteiger partial charge is 0.389 e. The Bertz CT molecular complexity index is 756. The molecular formula is C21H27Cl2N3O3. The van der Waals surface area contributed by atoms with Crippen molar-refractivity contribution < 1.29 is 14.4 Å². The van der Waals surface area contributed by atoms with E-state index in [1.807, 2.05) is 18.1 Å². The van der Waals surface area contributed by atoms with Gasteiger partial charge in [-0.3, -0.25) is 19.3 Å². The number of hydrogen-bond acceptors (Lipinski definition) is 6. The van der Waals surface area contributed by atoms with Crippen LogP contribution in [0.4, 0.5) is 0 Å². The van der Waals surface area contributed by atoms with E-state index in [2.05, 4.69) is 10.2 Å². The standard InChI is InChI=1S/C21H27Cl2N3O3/c1-2-29-26-10-8-25(9-11-26)7-6-24-14-17-19(27)12-15(13-20(17)28)16-4-3-5-18(22)21(16)23/h3-5,14-15,24H,2,6-13H2,1H3. The van der Waals surface area contributed by atoms with Gasteiger partial charge in [-0.05, 0) is 24.5 Å². The van der Waals surface area contributed by atoms with Crippen LogP contribution >= 0.6 is 23.2 Å². The number of allylic oxidation sites excluding steroid dienone is 1. The summed E-state index contributed by atoms with van der Waals surface area (Å²) < 4.78 is 0. The molecule has 0 bridgehead atoms. The summed E-state index contributed by atoms with van der Waals surface area (Å²) in [6.07, 6.45) is 2.11. The van der Waals surface area contributed by atoms with E-state index in [-0.39, 0.29) is 35.9 Å². The first-order valence-corrected chi connectivity index (χ1v) is 10.8. The normalized spacial score (nSPS) is 21.5. The fourth-order valence-corrected chi connectivity index (χ4v) is 4.24. The van der Waals surface area contributed by atoms with Crippen molar-refractivity contribution in [1.29, 1.82) is 0 Å². The second-order valence-electron chi connectivity index (χ2n) is 7.30. The summed E-state index contributed by atoms with van der Waals surface area (Å²) in [7, 11) is 0. The maximum absolute atomic E-state index is 12.5. The Hall–Kier alpha value is -1.44. The van der Waals surface area contributed by atoms with Crippen molar-refractivity contribution in [3.05, 3.63) is 45.6 Å². The second kappa shape index (κ2) is 10.5. The molecule has 1 N–H and O–H groups in total. The zero-order valence-electron chi connectivity index (χ0n) is 16.6. The summed E-state index contributed by atoms with van der Waals surface area (Å²) in [4.78, 5) is 32.9. The van der Waals surface area contributed by atoms with Crippen molar-refractivity contribution in [2.24, 2.45) is 0 Å². The van der Waals surface area contributed by atoms with E-state index < -0.39 is 0 Å². The Morgan fingerprint density at radius 2 is 1.83 bits per heavy atom. The van der Waals surface area contributed by atoms with E-state index in [1.165, 1.54) is 0 Å². The third kappa shape index (κ3) is 5.80. The van der Waals surface area contributed by atoms with Crippen LogP contribution in [0.3, 0.4) is 0 Å². The molecule has 1 aromatic carbocycles. The lowest BCUT2D eigenvalue weighted by atomic mass is 9.80. The molecule has 0 atom stereocenters. The van der Waals surface area contributed by atoms with E-state index in [9.17, 15) is 9.59 Å². The zero-order valence-corrected chi connectivity index (χ0v) is 18.1. The number of piperazine rings is 1. The van der Waals surface area contributed by atoms with E-state index in [4.69, 9.17) is 28.0 Å². The molecule has 1 saturated heterocycles. The maximum Gasteiger partial charge on any atom is 0.168 e. The molecule has 2 fully saturated rings. The third-order valence-corrected chi connectivity index (χ3v) is 6.18. The molecule has 1 aliphatic heterocycles. The maximum atomic E-state index is 12.5. The number of nitrogens with one attached hydrogen (secondary N) is 1. The molecule has 6 nitrogen and oxygen atoms in total. The number of rotatable bonds is 7. The SMILES string of the molecule is CCON1CCN(CCNC=C2C(=O)CC(c3cccc(Cl)c3Cl)CC2=O)CC1. The topological polar surface area (TPSA) is 61.9 Å². The fourth-order valence-electron chi connectivity index (χ4n) is 3.77. The summed E-state index contributed by atoms with van der Waals surface area (Å²) in [5, 5.41) is 6.00. The lowest BCUT2D eigenvalue weighted by Gasteiger charge is -2.33. The Kier molecular flexibility index (Phi) is 8.09. The molecule has 158 valence electrons. The van der Waals surface area contributed by atoms with Gasteiger partial charge in [0, 0.05) is 58.3 Å². The van der Waals surface area contributed by atoms with Crippen LogP contribution in [0.2, 0.25) is 10.0 Å². The molecule has 0 amide bonds. The summed E-state index contributed by atoms with van der Waals surface area (Å²) in [6.45, 7) is 7.88. The molecule has 0 radical (unpaired) electrons. The van der Waals surface area contributed by atoms with Gasteiger partial charge in [-0.25, -0.2) is 0 Å². The molecule has 1 saturated carbocycles.